The van der Waals surface area contributed by atoms with Crippen molar-refractivity contribution in [1.29, 1.82) is 0 Å². The average molecular weight is 498 g/mol. The maximum atomic E-state index is 8.97. The minimum absolute atomic E-state index is 0. The van der Waals surface area contributed by atoms with Gasteiger partial charge in [0.05, 0.1) is 6.61 Å². The summed E-state index contributed by atoms with van der Waals surface area (Å²) in [6.07, 6.45) is -9.67. The molecule has 0 rings (SSSR count). The molecule has 14 nitrogen and oxygen atoms in total. The van der Waals surface area contributed by atoms with Gasteiger partial charge in [0.25, 0.3) is 0 Å². The van der Waals surface area contributed by atoms with Crippen LogP contribution in [0.15, 0.2) is 0 Å². The van der Waals surface area contributed by atoms with Gasteiger partial charge in [-0.15, -0.1) is 0 Å². The van der Waals surface area contributed by atoms with Gasteiger partial charge in [-0.2, -0.15) is 0 Å². The van der Waals surface area contributed by atoms with Crippen molar-refractivity contribution in [3.8, 4) is 0 Å². The van der Waals surface area contributed by atoms with E-state index in [9.17, 15) is 0 Å². The van der Waals surface area contributed by atoms with E-state index in [1.165, 1.54) is 0 Å². The van der Waals surface area contributed by atoms with Crippen molar-refractivity contribution in [3.05, 3.63) is 14.9 Å². The van der Waals surface area contributed by atoms with Gasteiger partial charge in [-0.1, -0.05) is 14.9 Å². The van der Waals surface area contributed by atoms with Crippen molar-refractivity contribution in [2.45, 2.75) is 45.6 Å². The zero-order valence-corrected chi connectivity index (χ0v) is 15.1. The molecule has 26 heavy (non-hydrogen) atoms. The zero-order chi connectivity index (χ0) is 10.6. The van der Waals surface area contributed by atoms with Gasteiger partial charge in [0.2, 0.25) is 0 Å². The summed E-state index contributed by atoms with van der Waals surface area (Å²) in [4.78, 5) is 0. The van der Waals surface area contributed by atoms with Crippen LogP contribution in [0.5, 0.6) is 0 Å². The Morgan fingerprint density at radius 1 is 0.500 bits per heavy atom. The molecular weight excluding hydrogens is 456 g/mol. The summed E-state index contributed by atoms with van der Waals surface area (Å²) in [6.45, 7) is -0.813. The molecule has 21 N–H and O–H groups in total. The molecule has 0 spiro atoms. The topological polar surface area (TPSA) is 362 Å². The van der Waals surface area contributed by atoms with Gasteiger partial charge in [-0.3, -0.25) is 0 Å². The second-order valence-corrected chi connectivity index (χ2v) is 2.64. The molecule has 0 bridgehead atoms. The van der Waals surface area contributed by atoms with E-state index in [1.54, 1.807) is 0 Å². The number of aliphatic hydroxyl groups is 7. The second-order valence-electron chi connectivity index (χ2n) is 2.64. The van der Waals surface area contributed by atoms with E-state index < -0.39 is 37.3 Å². The Kier molecular flexibility index (Phi) is 239. The first-order valence-corrected chi connectivity index (χ1v) is 3.61. The summed E-state index contributed by atoms with van der Waals surface area (Å²) >= 11 is 0. The molecular formula is C10H42Fe2O14-2. The minimum Gasteiger partial charge on any atom is -0.412 e. The fourth-order valence-corrected chi connectivity index (χ4v) is 0.714. The third-order valence-electron chi connectivity index (χ3n) is 1.59. The molecule has 0 amide bonds. The molecule has 0 saturated heterocycles. The molecule has 0 saturated carbocycles. The van der Waals surface area contributed by atoms with Crippen LogP contribution in [0.3, 0.4) is 0 Å². The van der Waals surface area contributed by atoms with E-state index in [2.05, 4.69) is 0 Å². The van der Waals surface area contributed by atoms with E-state index in [4.69, 9.17) is 35.7 Å². The Balaban J connectivity index is -0.00000000923. The van der Waals surface area contributed by atoms with E-state index in [0.717, 1.165) is 0 Å². The third kappa shape index (κ3) is 39.5. The monoisotopic (exact) mass is 498 g/mol. The molecule has 0 aliphatic rings. The largest absolute Gasteiger partial charge is 0.412 e. The first kappa shape index (κ1) is 110. The van der Waals surface area contributed by atoms with E-state index in [-0.39, 0.29) is 102 Å². The Morgan fingerprint density at radius 3 is 0.885 bits per heavy atom. The maximum Gasteiger partial charge on any atom is 0.180 e. The molecule has 0 aliphatic heterocycles. The molecule has 0 fully saturated rings. The molecule has 0 aliphatic carbocycles. The smallest absolute Gasteiger partial charge is 0.180 e. The van der Waals surface area contributed by atoms with Gasteiger partial charge in [0, 0.05) is 34.1 Å². The standard InChI is InChI=1S/C6H14O7.2CH4.2CH3.2Fe.7H2O/c7-1-2(8)3(9)4(10)5(11)6(12)13;;;;;;;;;;;;;/h2-13H,1H2;2*1H4;2*1H3;;;7*1H2/q;;;2*-1;;;;;;;;;. The predicted molar refractivity (Wildman–Crippen MR) is 90.9 cm³/mol. The Bertz CT molecular complexity index is 160. The van der Waals surface area contributed by atoms with Gasteiger partial charge in [0.1, 0.15) is 24.4 Å². The first-order chi connectivity index (χ1) is 5.91. The van der Waals surface area contributed by atoms with Crippen LogP contribution in [-0.4, -0.2) is 111 Å². The minimum atomic E-state index is -2.23. The fourth-order valence-electron chi connectivity index (χ4n) is 0.714. The predicted octanol–water partition coefficient (Wildman–Crippen LogP) is -7.87. The van der Waals surface area contributed by atoms with E-state index in [0.29, 0.717) is 0 Å². The Hall–Kier alpha value is 0.479. The van der Waals surface area contributed by atoms with Crippen LogP contribution in [0.2, 0.25) is 0 Å². The summed E-state index contributed by atoms with van der Waals surface area (Å²) in [5, 5.41) is 60.6. The van der Waals surface area contributed by atoms with Crippen molar-refractivity contribution in [3.63, 3.8) is 0 Å². The molecule has 0 radical (unpaired) electrons. The SMILES string of the molecule is C.C.O.O.O.O.O.O.O.OCC(O)C(O)C(O)C(O)C(O)O.[CH3-].[CH3-].[Fe].[Fe]. The summed E-state index contributed by atoms with van der Waals surface area (Å²) in [7, 11) is 0. The quantitative estimate of drug-likeness (QED) is 0.109. The van der Waals surface area contributed by atoms with E-state index in [1.807, 2.05) is 0 Å². The van der Waals surface area contributed by atoms with E-state index >= 15 is 0 Å². The normalized spacial score (nSPS) is 10.6. The summed E-state index contributed by atoms with van der Waals surface area (Å²) in [6, 6.07) is 0. The molecule has 184 valence electrons. The fraction of sp³-hybridized carbons (Fsp3) is 0.800. The van der Waals surface area contributed by atoms with Crippen LogP contribution in [0.25, 0.3) is 0 Å². The molecule has 4 atom stereocenters. The molecule has 0 aromatic rings. The van der Waals surface area contributed by atoms with Gasteiger partial charge in [-0.25, -0.2) is 0 Å². The van der Waals surface area contributed by atoms with Crippen LogP contribution in [0.1, 0.15) is 14.9 Å². The molecule has 0 heterocycles. The van der Waals surface area contributed by atoms with Gasteiger partial charge < -0.3 is 88.9 Å². The molecule has 0 aromatic heterocycles. The van der Waals surface area contributed by atoms with Gasteiger partial charge in [-0.05, 0) is 0 Å². The first-order valence-electron chi connectivity index (χ1n) is 3.61. The Morgan fingerprint density at radius 2 is 0.731 bits per heavy atom. The number of rotatable bonds is 5. The molecule has 16 heteroatoms. The third-order valence-corrected chi connectivity index (χ3v) is 1.59. The van der Waals surface area contributed by atoms with Crippen molar-refractivity contribution in [2.24, 2.45) is 0 Å². The van der Waals surface area contributed by atoms with Crippen LogP contribution in [0, 0.1) is 14.9 Å². The Labute approximate surface area is 175 Å². The van der Waals surface area contributed by atoms with Crippen molar-refractivity contribution < 1.29 is 108 Å². The molecule has 4 unspecified atom stereocenters. The summed E-state index contributed by atoms with van der Waals surface area (Å²) in [5.41, 5.74) is 0. The maximum absolute atomic E-state index is 8.97. The second kappa shape index (κ2) is 56.2. The van der Waals surface area contributed by atoms with Gasteiger partial charge >= 0.3 is 0 Å². The summed E-state index contributed by atoms with van der Waals surface area (Å²) in [5.74, 6) is 0. The number of aliphatic hydroxyl groups excluding tert-OH is 6. The number of hydrogen-bond acceptors (Lipinski definition) is 7. The van der Waals surface area contributed by atoms with Crippen LogP contribution in [-0.2, 0) is 34.1 Å². The van der Waals surface area contributed by atoms with Crippen molar-refractivity contribution in [1.82, 2.24) is 0 Å². The van der Waals surface area contributed by atoms with Crippen LogP contribution < -0.4 is 0 Å². The molecule has 0 aromatic carbocycles. The van der Waals surface area contributed by atoms with Crippen molar-refractivity contribution >= 4 is 0 Å². The number of hydrogen-bond donors (Lipinski definition) is 7. The van der Waals surface area contributed by atoms with Crippen molar-refractivity contribution in [2.75, 3.05) is 6.61 Å². The van der Waals surface area contributed by atoms with Crippen LogP contribution in [0.4, 0.5) is 0 Å². The average Bonchev–Trinajstić information content (AvgIpc) is 2.12. The van der Waals surface area contributed by atoms with Gasteiger partial charge in [0.15, 0.2) is 6.29 Å². The van der Waals surface area contributed by atoms with Crippen LogP contribution >= 0.6 is 0 Å². The zero-order valence-electron chi connectivity index (χ0n) is 12.9. The summed E-state index contributed by atoms with van der Waals surface area (Å²) < 4.78 is 0.